The van der Waals surface area contributed by atoms with Crippen LogP contribution in [0.3, 0.4) is 0 Å². The standard InChI is InChI=1S/C20H18O6S2/c1-11(13-5-3-7-15(21)9-13)17(19(23)24)27-28-18(20(25)26)12(2)14-6-4-8-16(22)10-14/h3-10,21-22H,1-2H3,(H,23,24)(H,25,26). The third kappa shape index (κ3) is 5.34. The van der Waals surface area contributed by atoms with E-state index in [4.69, 9.17) is 0 Å². The van der Waals surface area contributed by atoms with E-state index in [1.807, 2.05) is 0 Å². The molecule has 0 heterocycles. The van der Waals surface area contributed by atoms with E-state index in [1.54, 1.807) is 38.1 Å². The molecule has 4 N–H and O–H groups in total. The van der Waals surface area contributed by atoms with Gasteiger partial charge in [0.1, 0.15) is 21.3 Å². The Labute approximate surface area is 169 Å². The quantitative estimate of drug-likeness (QED) is 0.374. The number of rotatable bonds is 7. The second kappa shape index (κ2) is 9.38. The molecular weight excluding hydrogens is 400 g/mol. The molecule has 0 aromatic heterocycles. The number of allylic oxidation sites excluding steroid dienone is 2. The van der Waals surface area contributed by atoms with E-state index in [9.17, 15) is 30.0 Å². The van der Waals surface area contributed by atoms with Gasteiger partial charge in [-0.05, 0) is 82.0 Å². The molecule has 0 atom stereocenters. The van der Waals surface area contributed by atoms with E-state index in [-0.39, 0.29) is 21.3 Å². The molecule has 0 aliphatic heterocycles. The van der Waals surface area contributed by atoms with Crippen molar-refractivity contribution in [2.24, 2.45) is 0 Å². The number of aromatic hydroxyl groups is 2. The van der Waals surface area contributed by atoms with E-state index < -0.39 is 11.9 Å². The van der Waals surface area contributed by atoms with E-state index in [0.717, 1.165) is 21.6 Å². The Morgan fingerprint density at radius 3 is 1.36 bits per heavy atom. The normalized spacial score (nSPS) is 12.8. The van der Waals surface area contributed by atoms with Gasteiger partial charge in [-0.15, -0.1) is 0 Å². The van der Waals surface area contributed by atoms with Crippen LogP contribution in [0.4, 0.5) is 0 Å². The summed E-state index contributed by atoms with van der Waals surface area (Å²) in [7, 11) is 1.63. The molecule has 0 bridgehead atoms. The average Bonchev–Trinajstić information content (AvgIpc) is 2.63. The highest BCUT2D eigenvalue weighted by molar-refractivity contribution is 8.80. The Morgan fingerprint density at radius 1 is 0.714 bits per heavy atom. The first kappa shape index (κ1) is 21.5. The van der Waals surface area contributed by atoms with E-state index >= 15 is 0 Å². The van der Waals surface area contributed by atoms with Crippen molar-refractivity contribution < 1.29 is 30.0 Å². The van der Waals surface area contributed by atoms with Crippen LogP contribution in [0.1, 0.15) is 25.0 Å². The predicted octanol–water partition coefficient (Wildman–Crippen LogP) is 4.81. The van der Waals surface area contributed by atoms with Crippen LogP contribution in [0.15, 0.2) is 58.3 Å². The molecule has 0 spiro atoms. The van der Waals surface area contributed by atoms with Gasteiger partial charge in [-0.25, -0.2) is 9.59 Å². The van der Waals surface area contributed by atoms with Gasteiger partial charge in [-0.2, -0.15) is 0 Å². The minimum Gasteiger partial charge on any atom is -0.508 e. The maximum Gasteiger partial charge on any atom is 0.343 e. The van der Waals surface area contributed by atoms with Gasteiger partial charge in [0.25, 0.3) is 0 Å². The Balaban J connectivity index is 2.39. The topological polar surface area (TPSA) is 115 Å². The van der Waals surface area contributed by atoms with Gasteiger partial charge in [-0.1, -0.05) is 24.3 Å². The fraction of sp³-hybridized carbons (Fsp3) is 0.100. The summed E-state index contributed by atoms with van der Waals surface area (Å²) >= 11 is 0. The molecule has 0 saturated heterocycles. The van der Waals surface area contributed by atoms with Crippen molar-refractivity contribution in [2.75, 3.05) is 0 Å². The lowest BCUT2D eigenvalue weighted by Gasteiger charge is -2.11. The number of hydrogen-bond donors (Lipinski definition) is 4. The lowest BCUT2D eigenvalue weighted by Crippen LogP contribution is -2.02. The number of benzene rings is 2. The molecule has 0 radical (unpaired) electrons. The number of carboxylic acids is 2. The average molecular weight is 418 g/mol. The van der Waals surface area contributed by atoms with Gasteiger partial charge in [0.15, 0.2) is 0 Å². The van der Waals surface area contributed by atoms with Crippen LogP contribution in [0.5, 0.6) is 11.5 Å². The third-order valence-corrected chi connectivity index (χ3v) is 6.46. The van der Waals surface area contributed by atoms with Gasteiger partial charge in [0.05, 0.1) is 0 Å². The van der Waals surface area contributed by atoms with E-state index in [0.29, 0.717) is 22.3 Å². The summed E-state index contributed by atoms with van der Waals surface area (Å²) in [5, 5.41) is 38.3. The fourth-order valence-corrected chi connectivity index (χ4v) is 4.81. The van der Waals surface area contributed by atoms with Crippen LogP contribution in [0.25, 0.3) is 11.1 Å². The van der Waals surface area contributed by atoms with Crippen molar-refractivity contribution in [3.8, 4) is 11.5 Å². The summed E-state index contributed by atoms with van der Waals surface area (Å²) in [6.45, 7) is 3.19. The largest absolute Gasteiger partial charge is 0.508 e. The van der Waals surface area contributed by atoms with E-state index in [2.05, 4.69) is 0 Å². The SMILES string of the molecule is CC(=C(SSC(C(=O)O)=C(C)c1cccc(O)c1)C(=O)O)c1cccc(O)c1. The predicted molar refractivity (Wildman–Crippen MR) is 112 cm³/mol. The molecule has 2 aromatic rings. The smallest absolute Gasteiger partial charge is 0.343 e. The molecule has 0 aliphatic carbocycles. The van der Waals surface area contributed by atoms with E-state index in [1.165, 1.54) is 24.3 Å². The molecule has 146 valence electrons. The minimum atomic E-state index is -1.20. The van der Waals surface area contributed by atoms with Crippen molar-refractivity contribution in [2.45, 2.75) is 13.8 Å². The van der Waals surface area contributed by atoms with Crippen molar-refractivity contribution in [3.63, 3.8) is 0 Å². The Kier molecular flexibility index (Phi) is 7.19. The fourth-order valence-electron chi connectivity index (χ4n) is 2.34. The monoisotopic (exact) mass is 418 g/mol. The van der Waals surface area contributed by atoms with Gasteiger partial charge in [-0.3, -0.25) is 0 Å². The number of carboxylic acid groups (broad SMARTS) is 2. The zero-order valence-corrected chi connectivity index (χ0v) is 16.7. The highest BCUT2D eigenvalue weighted by Gasteiger charge is 2.20. The van der Waals surface area contributed by atoms with Gasteiger partial charge >= 0.3 is 11.9 Å². The Hall–Kier alpha value is -2.84. The first-order chi connectivity index (χ1) is 13.2. The zero-order valence-electron chi connectivity index (χ0n) is 15.0. The van der Waals surface area contributed by atoms with Gasteiger partial charge in [0, 0.05) is 0 Å². The molecule has 0 saturated carbocycles. The summed E-state index contributed by atoms with van der Waals surface area (Å²) in [6, 6.07) is 12.3. The first-order valence-electron chi connectivity index (χ1n) is 8.02. The lowest BCUT2D eigenvalue weighted by atomic mass is 10.1. The molecule has 0 amide bonds. The number of phenols is 2. The summed E-state index contributed by atoms with van der Waals surface area (Å²) in [5.74, 6) is -2.38. The molecule has 2 aromatic carbocycles. The van der Waals surface area contributed by atoms with Crippen molar-refractivity contribution in [1.82, 2.24) is 0 Å². The summed E-state index contributed by atoms with van der Waals surface area (Å²) in [5.41, 5.74) is 1.86. The second-order valence-electron chi connectivity index (χ2n) is 5.79. The molecule has 0 fully saturated rings. The van der Waals surface area contributed by atoms with Gasteiger partial charge < -0.3 is 20.4 Å². The molecule has 0 aliphatic rings. The summed E-state index contributed by atoms with van der Waals surface area (Å²) in [6.07, 6.45) is 0. The minimum absolute atomic E-state index is 0.00472. The summed E-state index contributed by atoms with van der Waals surface area (Å²) < 4.78 is 0. The van der Waals surface area contributed by atoms with Crippen molar-refractivity contribution in [3.05, 3.63) is 69.5 Å². The maximum atomic E-state index is 11.7. The van der Waals surface area contributed by atoms with Gasteiger partial charge in [0.2, 0.25) is 0 Å². The Bertz CT molecular complexity index is 899. The summed E-state index contributed by atoms with van der Waals surface area (Å²) in [4.78, 5) is 23.3. The van der Waals surface area contributed by atoms with Crippen LogP contribution >= 0.6 is 21.6 Å². The number of phenolic OH excluding ortho intramolecular Hbond substituents is 2. The lowest BCUT2D eigenvalue weighted by molar-refractivity contribution is -0.132. The van der Waals surface area contributed by atoms with Crippen LogP contribution in [0.2, 0.25) is 0 Å². The van der Waals surface area contributed by atoms with Crippen LogP contribution in [-0.4, -0.2) is 32.4 Å². The molecule has 8 heteroatoms. The first-order valence-corrected chi connectivity index (χ1v) is 10.2. The molecular formula is C20H18O6S2. The molecule has 0 unspecified atom stereocenters. The molecule has 2 rings (SSSR count). The highest BCUT2D eigenvalue weighted by Crippen LogP contribution is 2.43. The van der Waals surface area contributed by atoms with Crippen LogP contribution < -0.4 is 0 Å². The second-order valence-corrected chi connectivity index (χ2v) is 7.94. The maximum absolute atomic E-state index is 11.7. The van der Waals surface area contributed by atoms with Crippen LogP contribution in [-0.2, 0) is 9.59 Å². The number of hydrogen-bond acceptors (Lipinski definition) is 6. The molecule has 6 nitrogen and oxygen atoms in total. The molecule has 28 heavy (non-hydrogen) atoms. The van der Waals surface area contributed by atoms with Crippen molar-refractivity contribution >= 4 is 44.7 Å². The van der Waals surface area contributed by atoms with Crippen LogP contribution in [0, 0.1) is 0 Å². The zero-order chi connectivity index (χ0) is 20.8. The number of aliphatic carboxylic acids is 2. The number of carbonyl (C=O) groups is 2. The third-order valence-electron chi connectivity index (χ3n) is 3.84. The van der Waals surface area contributed by atoms with Crippen molar-refractivity contribution in [1.29, 1.82) is 0 Å². The highest BCUT2D eigenvalue weighted by atomic mass is 33.1. The Morgan fingerprint density at radius 2 is 1.07 bits per heavy atom.